The fourth-order valence-corrected chi connectivity index (χ4v) is 4.54. The molecule has 5 rings (SSSR count). The van der Waals surface area contributed by atoms with Crippen LogP contribution in [0.5, 0.6) is 5.75 Å². The van der Waals surface area contributed by atoms with Crippen LogP contribution in [0.15, 0.2) is 77.5 Å². The Morgan fingerprint density at radius 2 is 1.95 bits per heavy atom. The van der Waals surface area contributed by atoms with E-state index in [1.807, 2.05) is 31.2 Å². The molecule has 3 aromatic carbocycles. The first kappa shape index (κ1) is 24.5. The number of nitrogens with one attached hydrogen (secondary N) is 2. The average molecular weight is 504 g/mol. The van der Waals surface area contributed by atoms with Gasteiger partial charge < -0.3 is 24.9 Å². The van der Waals surface area contributed by atoms with Crippen molar-refractivity contribution in [2.75, 3.05) is 11.9 Å². The highest BCUT2D eigenvalue weighted by Gasteiger charge is 2.40. The number of rotatable bonds is 9. The van der Waals surface area contributed by atoms with Crippen molar-refractivity contribution >= 4 is 28.5 Å². The summed E-state index contributed by atoms with van der Waals surface area (Å²) in [5.41, 5.74) is 3.67. The monoisotopic (exact) mass is 503 g/mol. The summed E-state index contributed by atoms with van der Waals surface area (Å²) in [4.78, 5) is 29.7. The van der Waals surface area contributed by atoms with Gasteiger partial charge in [-0.1, -0.05) is 24.3 Å². The van der Waals surface area contributed by atoms with Gasteiger partial charge in [0.25, 0.3) is 0 Å². The number of aryl methyl sites for hydroxylation is 1. The van der Waals surface area contributed by atoms with Crippen LogP contribution in [0, 0.1) is 6.92 Å². The summed E-state index contributed by atoms with van der Waals surface area (Å²) in [6.45, 7) is 2.06. The van der Waals surface area contributed by atoms with Crippen LogP contribution in [0.3, 0.4) is 0 Å². The Kier molecular flexibility index (Phi) is 6.87. The number of oxazole rings is 1. The molecule has 1 saturated heterocycles. The maximum atomic E-state index is 14.2. The normalized spacial score (nSPS) is 18.9. The number of hydrogen-bond donors (Lipinski definition) is 3. The van der Waals surface area contributed by atoms with Gasteiger partial charge in [-0.3, -0.25) is 4.79 Å². The number of ketones is 1. The van der Waals surface area contributed by atoms with E-state index in [2.05, 4.69) is 15.6 Å². The number of fused-ring (bicyclic) bond motifs is 1. The van der Waals surface area contributed by atoms with E-state index in [0.717, 1.165) is 11.3 Å². The molecule has 1 fully saturated rings. The van der Waals surface area contributed by atoms with Gasteiger partial charge in [0, 0.05) is 12.2 Å². The summed E-state index contributed by atoms with van der Waals surface area (Å²) in [5.74, 6) is -1.06. The third-order valence-corrected chi connectivity index (χ3v) is 6.54. The number of aromatic nitrogens is 1. The van der Waals surface area contributed by atoms with Gasteiger partial charge >= 0.3 is 5.97 Å². The summed E-state index contributed by atoms with van der Waals surface area (Å²) in [6.07, 6.45) is -0.696. The van der Waals surface area contributed by atoms with Crippen LogP contribution in [0.1, 0.15) is 33.9 Å². The van der Waals surface area contributed by atoms with Gasteiger partial charge in [0.05, 0.1) is 11.6 Å². The van der Waals surface area contributed by atoms with Crippen molar-refractivity contribution in [1.29, 1.82) is 0 Å². The zero-order valence-electron chi connectivity index (χ0n) is 20.1. The number of anilines is 1. The van der Waals surface area contributed by atoms with Gasteiger partial charge in [-0.2, -0.15) is 0 Å². The molecule has 0 amide bonds. The largest absolute Gasteiger partial charge is 0.481 e. The Labute approximate surface area is 212 Å². The maximum absolute atomic E-state index is 14.2. The van der Waals surface area contributed by atoms with Crippen LogP contribution >= 0.6 is 0 Å². The lowest BCUT2D eigenvalue weighted by Crippen LogP contribution is -2.47. The van der Waals surface area contributed by atoms with Crippen molar-refractivity contribution in [2.45, 2.75) is 37.7 Å². The van der Waals surface area contributed by atoms with E-state index in [1.165, 1.54) is 30.7 Å². The first-order valence-electron chi connectivity index (χ1n) is 12.0. The highest BCUT2D eigenvalue weighted by atomic mass is 19.1. The lowest BCUT2D eigenvalue weighted by molar-refractivity contribution is -0.127. The van der Waals surface area contributed by atoms with Crippen LogP contribution in [0.25, 0.3) is 11.1 Å². The number of ether oxygens (including phenoxy) is 1. The molecular formula is C28H26FN3O5. The fourth-order valence-electron chi connectivity index (χ4n) is 4.54. The third kappa shape index (κ3) is 5.31. The first-order valence-corrected chi connectivity index (χ1v) is 12.0. The molecule has 1 aliphatic heterocycles. The highest BCUT2D eigenvalue weighted by Crippen LogP contribution is 2.30. The Bertz CT molecular complexity index is 1420. The van der Waals surface area contributed by atoms with Gasteiger partial charge in [-0.25, -0.2) is 14.2 Å². The number of carboxylic acids is 1. The smallest absolute Gasteiger partial charge is 0.335 e. The zero-order chi connectivity index (χ0) is 25.9. The number of alkyl halides is 1. The van der Waals surface area contributed by atoms with Crippen LogP contribution < -0.4 is 15.4 Å². The quantitative estimate of drug-likeness (QED) is 0.301. The van der Waals surface area contributed by atoms with Crippen molar-refractivity contribution in [2.24, 2.45) is 0 Å². The standard InChI is InChI=1S/C28H26FN3O5/c1-16-4-2-3-5-21(16)32-25(18-8-11-24-22(12-18)31-15-36-24)26(33)27(23-13-19(29)14-30-23)37-20-9-6-17(7-10-20)28(34)35/h2-12,15,19,23,25,27,30,32H,13-14H2,1H3,(H,34,35)/t19-,23-,25?,27?/m0/s1. The second kappa shape index (κ2) is 10.4. The Morgan fingerprint density at radius 3 is 2.65 bits per heavy atom. The van der Waals surface area contributed by atoms with Crippen molar-refractivity contribution in [1.82, 2.24) is 10.3 Å². The molecule has 4 aromatic rings. The number of nitrogens with zero attached hydrogens (tertiary/aromatic N) is 1. The number of carboxylic acid groups (broad SMARTS) is 1. The summed E-state index contributed by atoms with van der Waals surface area (Å²) in [7, 11) is 0. The van der Waals surface area contributed by atoms with E-state index < -0.39 is 30.3 Å². The lowest BCUT2D eigenvalue weighted by atomic mass is 9.93. The molecule has 1 aliphatic rings. The molecule has 2 unspecified atom stereocenters. The summed E-state index contributed by atoms with van der Waals surface area (Å²) in [5, 5.41) is 15.6. The minimum atomic E-state index is -1.10. The molecule has 2 heterocycles. The topological polar surface area (TPSA) is 114 Å². The predicted octanol–water partition coefficient (Wildman–Crippen LogP) is 4.70. The zero-order valence-corrected chi connectivity index (χ0v) is 20.1. The van der Waals surface area contributed by atoms with Crippen molar-refractivity contribution in [3.63, 3.8) is 0 Å². The summed E-state index contributed by atoms with van der Waals surface area (Å²) in [6, 6.07) is 17.3. The number of Topliss-reactive ketones (excluding diaryl/α,β-unsaturated/α-hetero) is 1. The van der Waals surface area contributed by atoms with Gasteiger partial charge in [0.15, 0.2) is 18.1 Å². The van der Waals surface area contributed by atoms with E-state index in [9.17, 15) is 19.1 Å². The molecule has 4 atom stereocenters. The van der Waals surface area contributed by atoms with Gasteiger partial charge in [-0.15, -0.1) is 0 Å². The van der Waals surface area contributed by atoms with Crippen LogP contribution in [0.2, 0.25) is 0 Å². The van der Waals surface area contributed by atoms with Crippen LogP contribution in [-0.2, 0) is 4.79 Å². The maximum Gasteiger partial charge on any atom is 0.335 e. The van der Waals surface area contributed by atoms with Crippen LogP contribution in [0.4, 0.5) is 10.1 Å². The molecule has 0 aliphatic carbocycles. The van der Waals surface area contributed by atoms with E-state index in [-0.39, 0.29) is 24.3 Å². The van der Waals surface area contributed by atoms with Crippen molar-refractivity contribution in [3.8, 4) is 5.75 Å². The number of benzene rings is 3. The molecule has 0 spiro atoms. The first-order chi connectivity index (χ1) is 17.9. The molecule has 0 radical (unpaired) electrons. The molecule has 9 heteroatoms. The minimum absolute atomic E-state index is 0.0954. The molecule has 8 nitrogen and oxygen atoms in total. The predicted molar refractivity (Wildman–Crippen MR) is 136 cm³/mol. The van der Waals surface area contributed by atoms with Crippen molar-refractivity contribution in [3.05, 3.63) is 89.8 Å². The number of halogens is 1. The number of aromatic carboxylic acids is 1. The molecule has 1 aromatic heterocycles. The lowest BCUT2D eigenvalue weighted by Gasteiger charge is -2.29. The van der Waals surface area contributed by atoms with Crippen LogP contribution in [-0.4, -0.2) is 46.7 Å². The second-order valence-electron chi connectivity index (χ2n) is 9.09. The number of carbonyl (C=O) groups excluding carboxylic acids is 1. The fraction of sp³-hybridized carbons (Fsp3) is 0.250. The summed E-state index contributed by atoms with van der Waals surface area (Å²) < 4.78 is 25.7. The average Bonchev–Trinajstić information content (AvgIpc) is 3.55. The number of hydrogen-bond acceptors (Lipinski definition) is 7. The van der Waals surface area contributed by atoms with E-state index >= 15 is 0 Å². The van der Waals surface area contributed by atoms with E-state index in [4.69, 9.17) is 9.15 Å². The van der Waals surface area contributed by atoms with Gasteiger partial charge in [0.1, 0.15) is 23.5 Å². The number of carbonyl (C=O) groups is 2. The SMILES string of the molecule is Cc1ccccc1NC(C(=O)C(Oc1ccc(C(=O)O)cc1)[C@@H]1C[C@H](F)CN1)c1ccc2ocnc2c1. The molecule has 0 bridgehead atoms. The van der Waals surface area contributed by atoms with Gasteiger partial charge in [0.2, 0.25) is 5.78 Å². The third-order valence-electron chi connectivity index (χ3n) is 6.54. The second-order valence-corrected chi connectivity index (χ2v) is 9.09. The summed E-state index contributed by atoms with van der Waals surface area (Å²) >= 11 is 0. The number of para-hydroxylation sites is 1. The molecular weight excluding hydrogens is 477 g/mol. The molecule has 37 heavy (non-hydrogen) atoms. The van der Waals surface area contributed by atoms with Crippen molar-refractivity contribution < 1.29 is 28.2 Å². The van der Waals surface area contributed by atoms with Gasteiger partial charge in [-0.05, 0) is 66.9 Å². The Balaban J connectivity index is 1.52. The Hall–Kier alpha value is -4.24. The molecule has 190 valence electrons. The Morgan fingerprint density at radius 1 is 1.16 bits per heavy atom. The van der Waals surface area contributed by atoms with E-state index in [0.29, 0.717) is 22.4 Å². The molecule has 3 N–H and O–H groups in total. The highest BCUT2D eigenvalue weighted by molar-refractivity contribution is 5.93. The molecule has 0 saturated carbocycles. The minimum Gasteiger partial charge on any atom is -0.481 e. The van der Waals surface area contributed by atoms with E-state index in [1.54, 1.807) is 18.2 Å².